The van der Waals surface area contributed by atoms with Crippen molar-refractivity contribution in [2.24, 2.45) is 5.92 Å². The molecular formula is C15H20F3N. The van der Waals surface area contributed by atoms with E-state index in [-0.39, 0.29) is 18.9 Å². The molecule has 1 saturated carbocycles. The second kappa shape index (κ2) is 5.85. The van der Waals surface area contributed by atoms with Crippen molar-refractivity contribution in [3.8, 4) is 0 Å². The van der Waals surface area contributed by atoms with Crippen LogP contribution in [0.15, 0.2) is 24.3 Å². The van der Waals surface area contributed by atoms with E-state index in [1.807, 2.05) is 18.2 Å². The van der Waals surface area contributed by atoms with Gasteiger partial charge in [-0.1, -0.05) is 25.1 Å². The van der Waals surface area contributed by atoms with E-state index >= 15 is 0 Å². The summed E-state index contributed by atoms with van der Waals surface area (Å²) in [6.45, 7) is 2.08. The second-order valence-electron chi connectivity index (χ2n) is 5.25. The van der Waals surface area contributed by atoms with Crippen LogP contribution in [-0.4, -0.2) is 12.2 Å². The Hall–Kier alpha value is -1.19. The number of anilines is 1. The van der Waals surface area contributed by atoms with Gasteiger partial charge in [0.2, 0.25) is 0 Å². The Morgan fingerprint density at radius 2 is 1.74 bits per heavy atom. The highest BCUT2D eigenvalue weighted by Crippen LogP contribution is 2.38. The standard InChI is InChI=1S/C15H20F3N/c1-2-11-5-3-4-6-14(11)19-13-9-7-12(8-10-13)15(16,17)18/h3-6,12-13,19H,2,7-10H2,1H3. The van der Waals surface area contributed by atoms with Gasteiger partial charge in [0, 0.05) is 11.7 Å². The fourth-order valence-corrected chi connectivity index (χ4v) is 2.75. The fraction of sp³-hybridized carbons (Fsp3) is 0.600. The first kappa shape index (κ1) is 14.2. The molecule has 2 rings (SSSR count). The zero-order valence-electron chi connectivity index (χ0n) is 11.1. The van der Waals surface area contributed by atoms with Gasteiger partial charge in [-0.15, -0.1) is 0 Å². The molecule has 1 aliphatic carbocycles. The van der Waals surface area contributed by atoms with Crippen molar-refractivity contribution in [1.82, 2.24) is 0 Å². The van der Waals surface area contributed by atoms with E-state index in [0.29, 0.717) is 12.8 Å². The van der Waals surface area contributed by atoms with E-state index in [0.717, 1.165) is 12.1 Å². The topological polar surface area (TPSA) is 12.0 Å². The molecule has 1 nitrogen and oxygen atoms in total. The first-order chi connectivity index (χ1) is 9.00. The van der Waals surface area contributed by atoms with E-state index in [2.05, 4.69) is 18.3 Å². The summed E-state index contributed by atoms with van der Waals surface area (Å²) in [4.78, 5) is 0. The average molecular weight is 271 g/mol. The third-order valence-corrected chi connectivity index (χ3v) is 3.95. The minimum atomic E-state index is -4.02. The van der Waals surface area contributed by atoms with Crippen LogP contribution in [0, 0.1) is 5.92 Å². The lowest BCUT2D eigenvalue weighted by Crippen LogP contribution is -2.33. The lowest BCUT2D eigenvalue weighted by atomic mass is 9.85. The van der Waals surface area contributed by atoms with Crippen LogP contribution in [0.1, 0.15) is 38.2 Å². The van der Waals surface area contributed by atoms with Crippen LogP contribution in [0.5, 0.6) is 0 Å². The van der Waals surface area contributed by atoms with Crippen molar-refractivity contribution in [2.45, 2.75) is 51.2 Å². The van der Waals surface area contributed by atoms with E-state index < -0.39 is 12.1 Å². The van der Waals surface area contributed by atoms with E-state index in [9.17, 15) is 13.2 Å². The molecule has 0 saturated heterocycles. The number of hydrogen-bond acceptors (Lipinski definition) is 1. The number of rotatable bonds is 3. The van der Waals surface area contributed by atoms with Crippen LogP contribution < -0.4 is 5.32 Å². The Bertz CT molecular complexity index is 406. The third kappa shape index (κ3) is 3.64. The molecule has 1 aromatic carbocycles. The van der Waals surface area contributed by atoms with Gasteiger partial charge >= 0.3 is 6.18 Å². The monoisotopic (exact) mass is 271 g/mol. The number of benzene rings is 1. The normalized spacial score (nSPS) is 24.2. The van der Waals surface area contributed by atoms with Crippen molar-refractivity contribution in [3.63, 3.8) is 0 Å². The minimum Gasteiger partial charge on any atom is -0.382 e. The molecule has 0 radical (unpaired) electrons. The molecule has 1 aliphatic rings. The zero-order valence-corrected chi connectivity index (χ0v) is 11.1. The highest BCUT2D eigenvalue weighted by Gasteiger charge is 2.41. The molecule has 0 aliphatic heterocycles. The molecule has 19 heavy (non-hydrogen) atoms. The summed E-state index contributed by atoms with van der Waals surface area (Å²) in [5, 5.41) is 3.41. The molecule has 0 heterocycles. The smallest absolute Gasteiger partial charge is 0.382 e. The number of alkyl halides is 3. The van der Waals surface area contributed by atoms with Crippen molar-refractivity contribution >= 4 is 5.69 Å². The predicted octanol–water partition coefficient (Wildman–Crippen LogP) is 4.78. The molecule has 0 atom stereocenters. The summed E-state index contributed by atoms with van der Waals surface area (Å²) in [6.07, 6.45) is -1.40. The largest absolute Gasteiger partial charge is 0.391 e. The van der Waals surface area contributed by atoms with Crippen LogP contribution in [0.3, 0.4) is 0 Å². The van der Waals surface area contributed by atoms with Gasteiger partial charge in [0.05, 0.1) is 5.92 Å². The van der Waals surface area contributed by atoms with E-state index in [1.54, 1.807) is 0 Å². The van der Waals surface area contributed by atoms with Crippen LogP contribution in [0.25, 0.3) is 0 Å². The molecule has 0 unspecified atom stereocenters. The predicted molar refractivity (Wildman–Crippen MR) is 71.2 cm³/mol. The highest BCUT2D eigenvalue weighted by atomic mass is 19.4. The van der Waals surface area contributed by atoms with Crippen molar-refractivity contribution in [3.05, 3.63) is 29.8 Å². The summed E-state index contributed by atoms with van der Waals surface area (Å²) in [6, 6.07) is 8.19. The summed E-state index contributed by atoms with van der Waals surface area (Å²) < 4.78 is 37.8. The minimum absolute atomic E-state index is 0.172. The Morgan fingerprint density at radius 1 is 1.11 bits per heavy atom. The number of para-hydroxylation sites is 1. The van der Waals surface area contributed by atoms with Gasteiger partial charge in [-0.3, -0.25) is 0 Å². The Balaban J connectivity index is 1.92. The van der Waals surface area contributed by atoms with Crippen LogP contribution >= 0.6 is 0 Å². The fourth-order valence-electron chi connectivity index (χ4n) is 2.75. The first-order valence-corrected chi connectivity index (χ1v) is 6.92. The molecule has 1 aromatic rings. The summed E-state index contributed by atoms with van der Waals surface area (Å²) in [5.74, 6) is -1.10. The van der Waals surface area contributed by atoms with Gasteiger partial charge in [0.15, 0.2) is 0 Å². The molecule has 0 amide bonds. The lowest BCUT2D eigenvalue weighted by Gasteiger charge is -2.31. The number of nitrogens with one attached hydrogen (secondary N) is 1. The Kier molecular flexibility index (Phi) is 4.38. The summed E-state index contributed by atoms with van der Waals surface area (Å²) in [7, 11) is 0. The van der Waals surface area contributed by atoms with E-state index in [1.165, 1.54) is 5.56 Å². The molecular weight excluding hydrogens is 251 g/mol. The quantitative estimate of drug-likeness (QED) is 0.834. The van der Waals surface area contributed by atoms with Gasteiger partial charge in [-0.25, -0.2) is 0 Å². The zero-order chi connectivity index (χ0) is 13.9. The van der Waals surface area contributed by atoms with Gasteiger partial charge in [0.25, 0.3) is 0 Å². The molecule has 1 fully saturated rings. The third-order valence-electron chi connectivity index (χ3n) is 3.95. The SMILES string of the molecule is CCc1ccccc1NC1CCC(C(F)(F)F)CC1. The van der Waals surface area contributed by atoms with Gasteiger partial charge in [-0.05, 0) is 43.7 Å². The Morgan fingerprint density at radius 3 is 2.32 bits per heavy atom. The van der Waals surface area contributed by atoms with Gasteiger partial charge < -0.3 is 5.32 Å². The molecule has 0 aromatic heterocycles. The molecule has 0 bridgehead atoms. The second-order valence-corrected chi connectivity index (χ2v) is 5.25. The highest BCUT2D eigenvalue weighted by molar-refractivity contribution is 5.51. The number of aryl methyl sites for hydroxylation is 1. The van der Waals surface area contributed by atoms with Crippen LogP contribution in [0.4, 0.5) is 18.9 Å². The lowest BCUT2D eigenvalue weighted by molar-refractivity contribution is -0.182. The number of halogens is 3. The molecule has 106 valence electrons. The average Bonchev–Trinajstić information content (AvgIpc) is 2.39. The summed E-state index contributed by atoms with van der Waals surface area (Å²) in [5.41, 5.74) is 2.29. The van der Waals surface area contributed by atoms with Gasteiger partial charge in [0.1, 0.15) is 0 Å². The van der Waals surface area contributed by atoms with Crippen LogP contribution in [0.2, 0.25) is 0 Å². The maximum Gasteiger partial charge on any atom is 0.391 e. The summed E-state index contributed by atoms with van der Waals surface area (Å²) >= 11 is 0. The molecule has 4 heteroatoms. The van der Waals surface area contributed by atoms with Crippen molar-refractivity contribution in [2.75, 3.05) is 5.32 Å². The van der Waals surface area contributed by atoms with Crippen molar-refractivity contribution in [1.29, 1.82) is 0 Å². The van der Waals surface area contributed by atoms with Crippen LogP contribution in [-0.2, 0) is 6.42 Å². The van der Waals surface area contributed by atoms with Crippen molar-refractivity contribution < 1.29 is 13.2 Å². The Labute approximate surface area is 112 Å². The maximum atomic E-state index is 12.6. The van der Waals surface area contributed by atoms with Gasteiger partial charge in [-0.2, -0.15) is 13.2 Å². The maximum absolute atomic E-state index is 12.6. The molecule has 1 N–H and O–H groups in total. The molecule has 0 spiro atoms. The number of hydrogen-bond donors (Lipinski definition) is 1. The first-order valence-electron chi connectivity index (χ1n) is 6.92. The van der Waals surface area contributed by atoms with E-state index in [4.69, 9.17) is 0 Å².